The Kier molecular flexibility index (Phi) is 4.57. The van der Waals surface area contributed by atoms with Gasteiger partial charge in [-0.1, -0.05) is 0 Å². The van der Waals surface area contributed by atoms with E-state index in [0.717, 1.165) is 22.4 Å². The van der Waals surface area contributed by atoms with Crippen LogP contribution in [0, 0.1) is 13.8 Å². The van der Waals surface area contributed by atoms with E-state index in [1.807, 2.05) is 18.5 Å². The van der Waals surface area contributed by atoms with E-state index in [0.29, 0.717) is 19.8 Å². The van der Waals surface area contributed by atoms with E-state index in [9.17, 15) is 0 Å². The molecule has 0 saturated heterocycles. The standard InChI is InChI=1S/C9H16BrN3O/c1-7-9(10)8(2)13(12-7)4-6-14-5-3-11/h3-6,11H2,1-2H3. The molecule has 0 unspecified atom stereocenters. The van der Waals surface area contributed by atoms with Gasteiger partial charge in [0.05, 0.1) is 29.9 Å². The Hall–Kier alpha value is -0.390. The van der Waals surface area contributed by atoms with Crippen LogP contribution in [-0.2, 0) is 11.3 Å². The van der Waals surface area contributed by atoms with Gasteiger partial charge >= 0.3 is 0 Å². The predicted octanol–water partition coefficient (Wildman–Crippen LogP) is 1.24. The van der Waals surface area contributed by atoms with E-state index in [-0.39, 0.29) is 0 Å². The molecule has 4 nitrogen and oxygen atoms in total. The highest BCUT2D eigenvalue weighted by atomic mass is 79.9. The fraction of sp³-hybridized carbons (Fsp3) is 0.667. The van der Waals surface area contributed by atoms with Gasteiger partial charge in [0.25, 0.3) is 0 Å². The number of rotatable bonds is 5. The van der Waals surface area contributed by atoms with Gasteiger partial charge in [-0.05, 0) is 29.8 Å². The summed E-state index contributed by atoms with van der Waals surface area (Å²) < 4.78 is 8.31. The number of nitrogens with two attached hydrogens (primary N) is 1. The zero-order chi connectivity index (χ0) is 10.6. The fourth-order valence-electron chi connectivity index (χ4n) is 1.23. The Morgan fingerprint density at radius 3 is 2.64 bits per heavy atom. The maximum Gasteiger partial charge on any atom is 0.0738 e. The van der Waals surface area contributed by atoms with Crippen molar-refractivity contribution in [2.45, 2.75) is 20.4 Å². The van der Waals surface area contributed by atoms with Gasteiger partial charge in [0.1, 0.15) is 0 Å². The van der Waals surface area contributed by atoms with Gasteiger partial charge < -0.3 is 10.5 Å². The van der Waals surface area contributed by atoms with E-state index in [2.05, 4.69) is 21.0 Å². The summed E-state index contributed by atoms with van der Waals surface area (Å²) in [6, 6.07) is 0. The number of ether oxygens (including phenoxy) is 1. The zero-order valence-corrected chi connectivity index (χ0v) is 10.2. The number of nitrogens with zero attached hydrogens (tertiary/aromatic N) is 2. The molecule has 1 heterocycles. The van der Waals surface area contributed by atoms with Crippen LogP contribution in [-0.4, -0.2) is 29.5 Å². The summed E-state index contributed by atoms with van der Waals surface area (Å²) in [5, 5.41) is 4.37. The number of hydrogen-bond donors (Lipinski definition) is 1. The highest BCUT2D eigenvalue weighted by molar-refractivity contribution is 9.10. The minimum Gasteiger partial charge on any atom is -0.378 e. The Labute approximate surface area is 92.5 Å². The van der Waals surface area contributed by atoms with Crippen molar-refractivity contribution in [3.63, 3.8) is 0 Å². The van der Waals surface area contributed by atoms with E-state index >= 15 is 0 Å². The van der Waals surface area contributed by atoms with Crippen LogP contribution >= 0.6 is 15.9 Å². The van der Waals surface area contributed by atoms with E-state index in [4.69, 9.17) is 10.5 Å². The molecule has 0 amide bonds. The van der Waals surface area contributed by atoms with E-state index in [1.54, 1.807) is 0 Å². The molecule has 0 aliphatic rings. The molecule has 0 spiro atoms. The van der Waals surface area contributed by atoms with Crippen LogP contribution in [0.3, 0.4) is 0 Å². The minimum absolute atomic E-state index is 0.570. The minimum atomic E-state index is 0.570. The molecular formula is C9H16BrN3O. The first-order valence-electron chi connectivity index (χ1n) is 4.64. The molecule has 0 radical (unpaired) electrons. The highest BCUT2D eigenvalue weighted by Crippen LogP contribution is 2.19. The fourth-order valence-corrected chi connectivity index (χ4v) is 1.51. The van der Waals surface area contributed by atoms with Crippen LogP contribution in [0.1, 0.15) is 11.4 Å². The van der Waals surface area contributed by atoms with Crippen LogP contribution in [0.5, 0.6) is 0 Å². The second kappa shape index (κ2) is 5.48. The summed E-state index contributed by atoms with van der Waals surface area (Å²) in [4.78, 5) is 0. The molecule has 0 aliphatic carbocycles. The third-order valence-electron chi connectivity index (χ3n) is 2.00. The van der Waals surface area contributed by atoms with Crippen molar-refractivity contribution in [3.8, 4) is 0 Å². The van der Waals surface area contributed by atoms with Crippen LogP contribution in [0.4, 0.5) is 0 Å². The third kappa shape index (κ3) is 2.80. The molecule has 1 rings (SSSR count). The average Bonchev–Trinajstić information content (AvgIpc) is 2.41. The van der Waals surface area contributed by atoms with Gasteiger partial charge in [-0.25, -0.2) is 0 Å². The van der Waals surface area contributed by atoms with Crippen LogP contribution in [0.25, 0.3) is 0 Å². The molecule has 5 heteroatoms. The number of halogens is 1. The van der Waals surface area contributed by atoms with Crippen molar-refractivity contribution >= 4 is 15.9 Å². The third-order valence-corrected chi connectivity index (χ3v) is 3.15. The molecule has 14 heavy (non-hydrogen) atoms. The molecule has 0 atom stereocenters. The average molecular weight is 262 g/mol. The van der Waals surface area contributed by atoms with Crippen LogP contribution in [0.15, 0.2) is 4.47 Å². The Bertz CT molecular complexity index is 298. The lowest BCUT2D eigenvalue weighted by Gasteiger charge is -2.04. The van der Waals surface area contributed by atoms with Gasteiger partial charge in [-0.15, -0.1) is 0 Å². The molecular weight excluding hydrogens is 246 g/mol. The van der Waals surface area contributed by atoms with Crippen molar-refractivity contribution in [2.75, 3.05) is 19.8 Å². The topological polar surface area (TPSA) is 53.1 Å². The molecule has 1 aromatic rings. The number of aryl methyl sites for hydroxylation is 1. The normalized spacial score (nSPS) is 10.9. The monoisotopic (exact) mass is 261 g/mol. The van der Waals surface area contributed by atoms with Gasteiger partial charge in [0.2, 0.25) is 0 Å². The largest absolute Gasteiger partial charge is 0.378 e. The van der Waals surface area contributed by atoms with Crippen molar-refractivity contribution < 1.29 is 4.74 Å². The summed E-state index contributed by atoms with van der Waals surface area (Å²) in [6.07, 6.45) is 0. The number of hydrogen-bond acceptors (Lipinski definition) is 3. The van der Waals surface area contributed by atoms with Gasteiger partial charge in [0.15, 0.2) is 0 Å². The zero-order valence-electron chi connectivity index (χ0n) is 8.59. The SMILES string of the molecule is Cc1nn(CCOCCN)c(C)c1Br. The summed E-state index contributed by atoms with van der Waals surface area (Å²) in [5.41, 5.74) is 7.46. The first kappa shape index (κ1) is 11.7. The second-order valence-electron chi connectivity index (χ2n) is 3.11. The second-order valence-corrected chi connectivity index (χ2v) is 3.90. The molecule has 0 saturated carbocycles. The Balaban J connectivity index is 2.47. The quantitative estimate of drug-likeness (QED) is 0.812. The lowest BCUT2D eigenvalue weighted by molar-refractivity contribution is 0.130. The van der Waals surface area contributed by atoms with Gasteiger partial charge in [-0.3, -0.25) is 4.68 Å². The van der Waals surface area contributed by atoms with Crippen LogP contribution < -0.4 is 5.73 Å². The summed E-state index contributed by atoms with van der Waals surface area (Å²) in [7, 11) is 0. The summed E-state index contributed by atoms with van der Waals surface area (Å²) >= 11 is 3.48. The van der Waals surface area contributed by atoms with E-state index < -0.39 is 0 Å². The number of aromatic nitrogens is 2. The lowest BCUT2D eigenvalue weighted by Crippen LogP contribution is -2.13. The first-order valence-corrected chi connectivity index (χ1v) is 5.43. The Morgan fingerprint density at radius 2 is 2.14 bits per heavy atom. The lowest BCUT2D eigenvalue weighted by atomic mass is 10.4. The molecule has 1 aromatic heterocycles. The summed E-state index contributed by atoms with van der Waals surface area (Å²) in [6.45, 7) is 6.63. The van der Waals surface area contributed by atoms with Gasteiger partial charge in [-0.2, -0.15) is 5.10 Å². The smallest absolute Gasteiger partial charge is 0.0738 e. The maximum absolute atomic E-state index is 5.31. The Morgan fingerprint density at radius 1 is 1.43 bits per heavy atom. The highest BCUT2D eigenvalue weighted by Gasteiger charge is 2.07. The molecule has 2 N–H and O–H groups in total. The first-order chi connectivity index (χ1) is 6.66. The predicted molar refractivity (Wildman–Crippen MR) is 59.3 cm³/mol. The van der Waals surface area contributed by atoms with Crippen molar-refractivity contribution in [2.24, 2.45) is 5.73 Å². The molecule has 0 fully saturated rings. The van der Waals surface area contributed by atoms with Crippen molar-refractivity contribution in [1.82, 2.24) is 9.78 Å². The molecule has 0 aliphatic heterocycles. The van der Waals surface area contributed by atoms with E-state index in [1.165, 1.54) is 0 Å². The van der Waals surface area contributed by atoms with Crippen molar-refractivity contribution in [3.05, 3.63) is 15.9 Å². The molecule has 0 aromatic carbocycles. The summed E-state index contributed by atoms with van der Waals surface area (Å²) in [5.74, 6) is 0. The van der Waals surface area contributed by atoms with Gasteiger partial charge in [0, 0.05) is 12.2 Å². The van der Waals surface area contributed by atoms with Crippen LogP contribution in [0.2, 0.25) is 0 Å². The molecule has 0 bridgehead atoms. The van der Waals surface area contributed by atoms with Crippen molar-refractivity contribution in [1.29, 1.82) is 0 Å². The molecule has 80 valence electrons. The maximum atomic E-state index is 5.31.